The molecule has 1 aromatic carbocycles. The van der Waals surface area contributed by atoms with Crippen molar-refractivity contribution in [2.45, 2.75) is 13.8 Å². The van der Waals surface area contributed by atoms with Crippen molar-refractivity contribution in [2.75, 3.05) is 6.61 Å². The number of halogens is 1. The van der Waals surface area contributed by atoms with Crippen LogP contribution in [0.2, 0.25) is 5.02 Å². The number of esters is 1. The van der Waals surface area contributed by atoms with E-state index in [1.807, 2.05) is 23.8 Å². The number of carbonyl (C=O) groups is 2. The van der Waals surface area contributed by atoms with Gasteiger partial charge in [0.05, 0.1) is 0 Å². The molecule has 2 heterocycles. The number of aryl methyl sites for hydroxylation is 1. The molecular weight excluding hydrogens is 384 g/mol. The van der Waals surface area contributed by atoms with Crippen LogP contribution in [0.1, 0.15) is 27.3 Å². The van der Waals surface area contributed by atoms with Gasteiger partial charge in [0.25, 0.3) is 0 Å². The number of ether oxygens (including phenoxy) is 1. The summed E-state index contributed by atoms with van der Waals surface area (Å²) in [5.41, 5.74) is 3.02. The number of ketones is 1. The third kappa shape index (κ3) is 4.53. The zero-order valence-electron chi connectivity index (χ0n) is 14.8. The van der Waals surface area contributed by atoms with Crippen molar-refractivity contribution in [3.05, 3.63) is 75.5 Å². The van der Waals surface area contributed by atoms with Gasteiger partial charge in [0.1, 0.15) is 0 Å². The maximum Gasteiger partial charge on any atom is 0.331 e. The van der Waals surface area contributed by atoms with Crippen LogP contribution < -0.4 is 0 Å². The number of benzene rings is 1. The van der Waals surface area contributed by atoms with E-state index in [1.54, 1.807) is 42.6 Å². The first-order valence-electron chi connectivity index (χ1n) is 8.18. The summed E-state index contributed by atoms with van der Waals surface area (Å²) >= 11 is 7.31. The van der Waals surface area contributed by atoms with Crippen molar-refractivity contribution in [3.8, 4) is 5.13 Å². The Labute approximate surface area is 165 Å². The van der Waals surface area contributed by atoms with Crippen molar-refractivity contribution in [2.24, 2.45) is 0 Å². The van der Waals surface area contributed by atoms with Crippen molar-refractivity contribution in [1.82, 2.24) is 9.55 Å². The van der Waals surface area contributed by atoms with Crippen molar-refractivity contribution in [1.29, 1.82) is 0 Å². The van der Waals surface area contributed by atoms with Crippen molar-refractivity contribution >= 4 is 40.8 Å². The molecule has 0 atom stereocenters. The van der Waals surface area contributed by atoms with Gasteiger partial charge in [-0.25, -0.2) is 9.78 Å². The number of aromatic nitrogens is 2. The molecule has 3 rings (SSSR count). The van der Waals surface area contributed by atoms with Gasteiger partial charge in [-0.15, -0.1) is 11.3 Å². The van der Waals surface area contributed by atoms with Crippen LogP contribution in [0.5, 0.6) is 0 Å². The molecule has 0 aliphatic carbocycles. The fraction of sp³-hybridized carbons (Fsp3) is 0.150. The van der Waals surface area contributed by atoms with Gasteiger partial charge in [-0.1, -0.05) is 23.7 Å². The molecular formula is C20H17ClN2O3S. The first kappa shape index (κ1) is 19.1. The van der Waals surface area contributed by atoms with E-state index in [4.69, 9.17) is 16.3 Å². The van der Waals surface area contributed by atoms with Gasteiger partial charge in [-0.05, 0) is 43.7 Å². The molecule has 0 saturated carbocycles. The first-order valence-corrected chi connectivity index (χ1v) is 9.44. The first-order chi connectivity index (χ1) is 13.0. The zero-order chi connectivity index (χ0) is 19.4. The highest BCUT2D eigenvalue weighted by molar-refractivity contribution is 7.12. The minimum Gasteiger partial charge on any atom is -0.454 e. The molecule has 0 N–H and O–H groups in total. The zero-order valence-corrected chi connectivity index (χ0v) is 16.4. The smallest absolute Gasteiger partial charge is 0.331 e. The molecule has 0 aliphatic rings. The normalized spacial score (nSPS) is 11.1. The van der Waals surface area contributed by atoms with E-state index >= 15 is 0 Å². The summed E-state index contributed by atoms with van der Waals surface area (Å²) in [6.45, 7) is 3.45. The van der Waals surface area contributed by atoms with Gasteiger partial charge >= 0.3 is 5.97 Å². The van der Waals surface area contributed by atoms with Gasteiger partial charge in [-0.2, -0.15) is 0 Å². The van der Waals surface area contributed by atoms with Crippen LogP contribution >= 0.6 is 22.9 Å². The van der Waals surface area contributed by atoms with Gasteiger partial charge in [0.15, 0.2) is 11.7 Å². The Kier molecular flexibility index (Phi) is 5.88. The van der Waals surface area contributed by atoms with E-state index in [1.165, 1.54) is 17.4 Å². The second kappa shape index (κ2) is 8.33. The number of thiazole rings is 1. The van der Waals surface area contributed by atoms with Crippen LogP contribution in [0, 0.1) is 13.8 Å². The molecule has 138 valence electrons. The van der Waals surface area contributed by atoms with Gasteiger partial charge < -0.3 is 4.74 Å². The second-order valence-corrected chi connectivity index (χ2v) is 7.16. The molecule has 0 amide bonds. The molecule has 0 spiro atoms. The molecule has 2 aromatic heterocycles. The summed E-state index contributed by atoms with van der Waals surface area (Å²) < 4.78 is 6.99. The number of nitrogens with zero attached hydrogens (tertiary/aromatic N) is 2. The largest absolute Gasteiger partial charge is 0.454 e. The Hall–Kier alpha value is -2.70. The highest BCUT2D eigenvalue weighted by Crippen LogP contribution is 2.22. The fourth-order valence-electron chi connectivity index (χ4n) is 2.67. The molecule has 0 saturated heterocycles. The summed E-state index contributed by atoms with van der Waals surface area (Å²) in [4.78, 5) is 28.6. The average Bonchev–Trinajstić information content (AvgIpc) is 3.27. The van der Waals surface area contributed by atoms with Gasteiger partial charge in [0.2, 0.25) is 5.78 Å². The van der Waals surface area contributed by atoms with E-state index < -0.39 is 5.97 Å². The molecule has 5 nitrogen and oxygen atoms in total. The summed E-state index contributed by atoms with van der Waals surface area (Å²) in [5.74, 6) is -0.828. The number of Topliss-reactive ketones (excluding diaryl/α,β-unsaturated/α-hetero) is 1. The minimum atomic E-state index is -0.577. The molecule has 0 radical (unpaired) electrons. The standard InChI is InChI=1S/C20H17ClN2O3S/c1-13-11-17(14(2)23(13)20-22-9-10-27-20)18(24)12-26-19(25)8-5-15-3-6-16(21)7-4-15/h3-11H,12H2,1-2H3/b8-5+. The SMILES string of the molecule is Cc1cc(C(=O)COC(=O)/C=C/c2ccc(Cl)cc2)c(C)n1-c1nccs1. The summed E-state index contributed by atoms with van der Waals surface area (Å²) in [5, 5.41) is 3.30. The average molecular weight is 401 g/mol. The monoisotopic (exact) mass is 400 g/mol. The third-order valence-electron chi connectivity index (χ3n) is 3.97. The predicted octanol–water partition coefficient (Wildman–Crippen LogP) is 4.64. The topological polar surface area (TPSA) is 61.2 Å². The Morgan fingerprint density at radius 3 is 2.67 bits per heavy atom. The van der Waals surface area contributed by atoms with Gasteiger partial charge in [-0.3, -0.25) is 9.36 Å². The third-order valence-corrected chi connectivity index (χ3v) is 4.98. The summed E-state index contributed by atoms with van der Waals surface area (Å²) in [6, 6.07) is 8.81. The molecule has 0 bridgehead atoms. The number of hydrogen-bond donors (Lipinski definition) is 0. The molecule has 0 fully saturated rings. The Morgan fingerprint density at radius 2 is 2.00 bits per heavy atom. The number of carbonyl (C=O) groups excluding carboxylic acids is 2. The van der Waals surface area contributed by atoms with E-state index in [0.29, 0.717) is 10.6 Å². The summed E-state index contributed by atoms with van der Waals surface area (Å²) in [6.07, 6.45) is 4.61. The van der Waals surface area contributed by atoms with E-state index in [9.17, 15) is 9.59 Å². The summed E-state index contributed by atoms with van der Waals surface area (Å²) in [7, 11) is 0. The van der Waals surface area contributed by atoms with E-state index in [2.05, 4.69) is 4.98 Å². The quantitative estimate of drug-likeness (QED) is 0.343. The van der Waals surface area contributed by atoms with Crippen LogP contribution in [0.15, 0.2) is 48.0 Å². The lowest BCUT2D eigenvalue weighted by molar-refractivity contribution is -0.136. The predicted molar refractivity (Wildman–Crippen MR) is 107 cm³/mol. The van der Waals surface area contributed by atoms with Crippen molar-refractivity contribution in [3.63, 3.8) is 0 Å². The lowest BCUT2D eigenvalue weighted by Gasteiger charge is -2.05. The Morgan fingerprint density at radius 1 is 1.26 bits per heavy atom. The fourth-order valence-corrected chi connectivity index (χ4v) is 3.54. The van der Waals surface area contributed by atoms with Crippen molar-refractivity contribution < 1.29 is 14.3 Å². The van der Waals surface area contributed by atoms with Crippen LogP contribution in [0.3, 0.4) is 0 Å². The van der Waals surface area contributed by atoms with Crippen LogP contribution in [-0.2, 0) is 9.53 Å². The maximum atomic E-state index is 12.5. The lowest BCUT2D eigenvalue weighted by atomic mass is 10.1. The Bertz CT molecular complexity index is 989. The number of hydrogen-bond acceptors (Lipinski definition) is 5. The lowest BCUT2D eigenvalue weighted by Crippen LogP contribution is -2.13. The Balaban J connectivity index is 1.63. The van der Waals surface area contributed by atoms with Crippen LogP contribution in [-0.4, -0.2) is 27.9 Å². The second-order valence-electron chi connectivity index (χ2n) is 5.85. The molecule has 3 aromatic rings. The van der Waals surface area contributed by atoms with Crippen LogP contribution in [0.4, 0.5) is 0 Å². The molecule has 0 unspecified atom stereocenters. The maximum absolute atomic E-state index is 12.5. The number of rotatable bonds is 6. The highest BCUT2D eigenvalue weighted by atomic mass is 35.5. The molecule has 0 aliphatic heterocycles. The highest BCUT2D eigenvalue weighted by Gasteiger charge is 2.18. The minimum absolute atomic E-state index is 0.251. The van der Waals surface area contributed by atoms with E-state index in [0.717, 1.165) is 22.1 Å². The van der Waals surface area contributed by atoms with Gasteiger partial charge in [0, 0.05) is 39.6 Å². The molecule has 27 heavy (non-hydrogen) atoms. The van der Waals surface area contributed by atoms with Crippen LogP contribution in [0.25, 0.3) is 11.2 Å². The molecule has 7 heteroatoms. The van der Waals surface area contributed by atoms with E-state index in [-0.39, 0.29) is 12.4 Å².